The molecule has 1 aromatic heterocycles. The van der Waals surface area contributed by atoms with Gasteiger partial charge in [-0.15, -0.1) is 0 Å². The molecule has 100 valence electrons. The molecule has 0 spiro atoms. The molecule has 0 unspecified atom stereocenters. The summed E-state index contributed by atoms with van der Waals surface area (Å²) in [7, 11) is 0. The van der Waals surface area contributed by atoms with Gasteiger partial charge in [-0.1, -0.05) is 30.3 Å². The first-order valence-corrected chi connectivity index (χ1v) is 6.32. The van der Waals surface area contributed by atoms with Crippen LogP contribution >= 0.6 is 0 Å². The highest BCUT2D eigenvalue weighted by Crippen LogP contribution is 2.19. The van der Waals surface area contributed by atoms with E-state index in [1.807, 2.05) is 36.1 Å². The van der Waals surface area contributed by atoms with E-state index in [0.29, 0.717) is 13.1 Å². The van der Waals surface area contributed by atoms with E-state index in [0.717, 1.165) is 17.1 Å². The Morgan fingerprint density at radius 3 is 2.63 bits per heavy atom. The summed E-state index contributed by atoms with van der Waals surface area (Å²) in [6.45, 7) is 3.25. The summed E-state index contributed by atoms with van der Waals surface area (Å²) in [6.07, 6.45) is 1.76. The van der Waals surface area contributed by atoms with Crippen molar-refractivity contribution in [2.24, 2.45) is 0 Å². The van der Waals surface area contributed by atoms with Crippen LogP contribution in [-0.2, 0) is 6.54 Å². The number of nitrogens with two attached hydrogens (primary N) is 1. The molecule has 0 saturated carbocycles. The molecule has 2 aromatic rings. The highest BCUT2D eigenvalue weighted by Gasteiger charge is 2.09. The zero-order valence-electron chi connectivity index (χ0n) is 11.1. The van der Waals surface area contributed by atoms with E-state index in [9.17, 15) is 5.11 Å². The Hall–Kier alpha value is -2.07. The summed E-state index contributed by atoms with van der Waals surface area (Å²) in [5.41, 5.74) is 8.78. The molecule has 0 fully saturated rings. The van der Waals surface area contributed by atoms with Gasteiger partial charge < -0.3 is 15.7 Å². The number of hydrogen-bond donors (Lipinski definition) is 2. The molecule has 4 nitrogen and oxygen atoms in total. The van der Waals surface area contributed by atoms with Crippen molar-refractivity contribution in [1.82, 2.24) is 4.98 Å². The van der Waals surface area contributed by atoms with E-state index in [2.05, 4.69) is 17.1 Å². The predicted molar refractivity (Wildman–Crippen MR) is 78.0 cm³/mol. The van der Waals surface area contributed by atoms with Crippen LogP contribution in [0.25, 0.3) is 0 Å². The molecule has 19 heavy (non-hydrogen) atoms. The number of nitrogen functional groups attached to an aromatic ring is 1. The molecule has 0 atom stereocenters. The van der Waals surface area contributed by atoms with Gasteiger partial charge in [0.05, 0.1) is 6.61 Å². The van der Waals surface area contributed by atoms with E-state index >= 15 is 0 Å². The van der Waals surface area contributed by atoms with Gasteiger partial charge in [-0.2, -0.15) is 0 Å². The average molecular weight is 257 g/mol. The molecule has 0 aliphatic carbocycles. The molecular formula is C15H19N3O. The molecule has 0 radical (unpaired) electrons. The van der Waals surface area contributed by atoms with Crippen LogP contribution in [0.3, 0.4) is 0 Å². The standard InChI is InChI=1S/C15H19N3O/c1-12-10-17-15(9-14(12)16)18(7-8-19)11-13-5-3-2-4-6-13/h2-6,9-10,19H,7-8,11H2,1H3,(H2,16,17). The van der Waals surface area contributed by atoms with Crippen molar-refractivity contribution in [2.45, 2.75) is 13.5 Å². The Balaban J connectivity index is 2.21. The van der Waals surface area contributed by atoms with Crippen molar-refractivity contribution in [3.05, 3.63) is 53.7 Å². The highest BCUT2D eigenvalue weighted by atomic mass is 16.3. The fourth-order valence-electron chi connectivity index (χ4n) is 1.90. The van der Waals surface area contributed by atoms with Gasteiger partial charge in [-0.05, 0) is 18.1 Å². The molecule has 0 amide bonds. The van der Waals surface area contributed by atoms with Crippen LogP contribution in [0.4, 0.5) is 11.5 Å². The number of anilines is 2. The number of rotatable bonds is 5. The first-order chi connectivity index (χ1) is 9.20. The zero-order chi connectivity index (χ0) is 13.7. The Kier molecular flexibility index (Phi) is 4.36. The van der Waals surface area contributed by atoms with Gasteiger partial charge in [-0.25, -0.2) is 4.98 Å². The van der Waals surface area contributed by atoms with Crippen molar-refractivity contribution in [3.8, 4) is 0 Å². The third-order valence-electron chi connectivity index (χ3n) is 3.04. The minimum absolute atomic E-state index is 0.0856. The number of hydrogen-bond acceptors (Lipinski definition) is 4. The molecule has 1 aromatic carbocycles. The third-order valence-corrected chi connectivity index (χ3v) is 3.04. The summed E-state index contributed by atoms with van der Waals surface area (Å²) in [5.74, 6) is 0.793. The SMILES string of the molecule is Cc1cnc(N(CCO)Cc2ccccc2)cc1N. The summed E-state index contributed by atoms with van der Waals surface area (Å²) < 4.78 is 0. The summed E-state index contributed by atoms with van der Waals surface area (Å²) >= 11 is 0. The van der Waals surface area contributed by atoms with Crippen molar-refractivity contribution >= 4 is 11.5 Å². The Labute approximate surface area is 113 Å². The lowest BCUT2D eigenvalue weighted by atomic mass is 10.2. The summed E-state index contributed by atoms with van der Waals surface area (Å²) in [4.78, 5) is 6.41. The normalized spacial score (nSPS) is 10.4. The second-order valence-corrected chi connectivity index (χ2v) is 4.53. The fourth-order valence-corrected chi connectivity index (χ4v) is 1.90. The van der Waals surface area contributed by atoms with Crippen LogP contribution in [0.15, 0.2) is 42.6 Å². The molecule has 4 heteroatoms. The van der Waals surface area contributed by atoms with E-state index in [1.165, 1.54) is 5.56 Å². The molecular weight excluding hydrogens is 238 g/mol. The Morgan fingerprint density at radius 1 is 1.26 bits per heavy atom. The number of nitrogens with zero attached hydrogens (tertiary/aromatic N) is 2. The lowest BCUT2D eigenvalue weighted by Gasteiger charge is -2.23. The van der Waals surface area contributed by atoms with E-state index in [4.69, 9.17) is 5.73 Å². The first-order valence-electron chi connectivity index (χ1n) is 6.32. The smallest absolute Gasteiger partial charge is 0.130 e. The van der Waals surface area contributed by atoms with Crippen LogP contribution in [-0.4, -0.2) is 23.2 Å². The number of aliphatic hydroxyl groups is 1. The van der Waals surface area contributed by atoms with Gasteiger partial charge in [0.15, 0.2) is 0 Å². The van der Waals surface area contributed by atoms with E-state index < -0.39 is 0 Å². The van der Waals surface area contributed by atoms with Gasteiger partial charge >= 0.3 is 0 Å². The van der Waals surface area contributed by atoms with Gasteiger partial charge in [0.2, 0.25) is 0 Å². The zero-order valence-corrected chi connectivity index (χ0v) is 11.1. The molecule has 0 aliphatic rings. The van der Waals surface area contributed by atoms with Crippen molar-refractivity contribution in [1.29, 1.82) is 0 Å². The summed E-state index contributed by atoms with van der Waals surface area (Å²) in [6, 6.07) is 12.0. The van der Waals surface area contributed by atoms with Gasteiger partial charge in [0, 0.05) is 31.0 Å². The summed E-state index contributed by atoms with van der Waals surface area (Å²) in [5, 5.41) is 9.20. The van der Waals surface area contributed by atoms with Crippen molar-refractivity contribution < 1.29 is 5.11 Å². The largest absolute Gasteiger partial charge is 0.398 e. The molecule has 0 aliphatic heterocycles. The van der Waals surface area contributed by atoms with E-state index in [-0.39, 0.29) is 6.61 Å². The maximum absolute atomic E-state index is 9.20. The molecule has 1 heterocycles. The van der Waals surface area contributed by atoms with Crippen LogP contribution in [0.5, 0.6) is 0 Å². The average Bonchev–Trinajstić information content (AvgIpc) is 2.43. The topological polar surface area (TPSA) is 62.4 Å². The van der Waals surface area contributed by atoms with E-state index in [1.54, 1.807) is 6.20 Å². The molecule has 2 rings (SSSR count). The highest BCUT2D eigenvalue weighted by molar-refractivity contribution is 5.54. The number of aryl methyl sites for hydroxylation is 1. The maximum atomic E-state index is 9.20. The molecule has 0 bridgehead atoms. The Morgan fingerprint density at radius 2 is 2.00 bits per heavy atom. The predicted octanol–water partition coefficient (Wildman–Crippen LogP) is 1.97. The van der Waals surface area contributed by atoms with Gasteiger partial charge in [0.1, 0.15) is 5.82 Å². The third kappa shape index (κ3) is 3.45. The van der Waals surface area contributed by atoms with Crippen LogP contribution < -0.4 is 10.6 Å². The van der Waals surface area contributed by atoms with Crippen molar-refractivity contribution in [3.63, 3.8) is 0 Å². The number of aliphatic hydroxyl groups excluding tert-OH is 1. The fraction of sp³-hybridized carbons (Fsp3) is 0.267. The lowest BCUT2D eigenvalue weighted by molar-refractivity contribution is 0.301. The number of benzene rings is 1. The quantitative estimate of drug-likeness (QED) is 0.859. The van der Waals surface area contributed by atoms with Crippen molar-refractivity contribution in [2.75, 3.05) is 23.8 Å². The first kappa shape index (κ1) is 13.4. The molecule has 0 saturated heterocycles. The molecule has 3 N–H and O–H groups in total. The second-order valence-electron chi connectivity index (χ2n) is 4.53. The van der Waals surface area contributed by atoms with Gasteiger partial charge in [0.25, 0.3) is 0 Å². The number of pyridine rings is 1. The monoisotopic (exact) mass is 257 g/mol. The minimum Gasteiger partial charge on any atom is -0.398 e. The number of aromatic nitrogens is 1. The minimum atomic E-state index is 0.0856. The van der Waals surface area contributed by atoms with Crippen LogP contribution in [0.2, 0.25) is 0 Å². The Bertz CT molecular complexity index is 528. The lowest BCUT2D eigenvalue weighted by Crippen LogP contribution is -2.27. The maximum Gasteiger partial charge on any atom is 0.130 e. The van der Waals surface area contributed by atoms with Gasteiger partial charge in [-0.3, -0.25) is 0 Å². The second kappa shape index (κ2) is 6.20. The van der Waals surface area contributed by atoms with Crippen LogP contribution in [0.1, 0.15) is 11.1 Å². The van der Waals surface area contributed by atoms with Crippen LogP contribution in [0, 0.1) is 6.92 Å².